The van der Waals surface area contributed by atoms with Gasteiger partial charge in [-0.15, -0.1) is 0 Å². The van der Waals surface area contributed by atoms with Gasteiger partial charge in [0.1, 0.15) is 5.76 Å². The Hall–Kier alpha value is -1.09. The molecule has 0 aliphatic carbocycles. The van der Waals surface area contributed by atoms with Crippen molar-refractivity contribution in [2.24, 2.45) is 0 Å². The molecule has 1 unspecified atom stereocenters. The molecule has 14 heavy (non-hydrogen) atoms. The highest BCUT2D eigenvalue weighted by Crippen LogP contribution is 2.21. The highest BCUT2D eigenvalue weighted by Gasteiger charge is 2.19. The number of aliphatic hydroxyl groups is 1. The number of cyclic esters (lactones) is 1. The monoisotopic (exact) mass is 196 g/mol. The van der Waals surface area contributed by atoms with Gasteiger partial charge in [0.15, 0.2) is 0 Å². The van der Waals surface area contributed by atoms with Crippen LogP contribution in [0.1, 0.15) is 33.1 Å². The molecule has 1 atom stereocenters. The largest absolute Gasteiger partial charge is 0.424 e. The fourth-order valence-electron chi connectivity index (χ4n) is 1.26. The molecule has 0 radical (unpaired) electrons. The molecule has 0 saturated carbocycles. The van der Waals surface area contributed by atoms with Crippen LogP contribution in [0.3, 0.4) is 0 Å². The highest BCUT2D eigenvalue weighted by molar-refractivity contribution is 5.92. The third kappa shape index (κ3) is 3.00. The lowest BCUT2D eigenvalue weighted by molar-refractivity contribution is -0.133. The van der Waals surface area contributed by atoms with Gasteiger partial charge >= 0.3 is 5.97 Å². The zero-order valence-corrected chi connectivity index (χ0v) is 8.62. The minimum absolute atomic E-state index is 0.247. The van der Waals surface area contributed by atoms with Crippen molar-refractivity contribution in [3.8, 4) is 0 Å². The zero-order valence-electron chi connectivity index (χ0n) is 8.62. The lowest BCUT2D eigenvalue weighted by atomic mass is 10.1. The quantitative estimate of drug-likeness (QED) is 0.699. The second-order valence-electron chi connectivity index (χ2n) is 3.50. The van der Waals surface area contributed by atoms with E-state index < -0.39 is 6.10 Å². The van der Waals surface area contributed by atoms with Crippen molar-refractivity contribution in [3.05, 3.63) is 23.5 Å². The van der Waals surface area contributed by atoms with Crippen LogP contribution in [0, 0.1) is 0 Å². The minimum Gasteiger partial charge on any atom is -0.424 e. The van der Waals surface area contributed by atoms with Gasteiger partial charge in [-0.1, -0.05) is 13.3 Å². The van der Waals surface area contributed by atoms with Gasteiger partial charge in [0.05, 0.1) is 6.10 Å². The molecule has 0 aromatic rings. The smallest absolute Gasteiger partial charge is 0.339 e. The number of esters is 1. The third-order valence-electron chi connectivity index (χ3n) is 1.97. The van der Waals surface area contributed by atoms with E-state index in [1.807, 2.05) is 6.92 Å². The third-order valence-corrected chi connectivity index (χ3v) is 1.97. The molecule has 1 aliphatic heterocycles. The molecule has 0 bridgehead atoms. The van der Waals surface area contributed by atoms with Crippen molar-refractivity contribution in [2.75, 3.05) is 0 Å². The van der Waals surface area contributed by atoms with E-state index >= 15 is 0 Å². The number of carbonyl (C=O) groups excluding carboxylic acids is 1. The maximum atomic E-state index is 11.2. The Kier molecular flexibility index (Phi) is 3.89. The van der Waals surface area contributed by atoms with Crippen molar-refractivity contribution in [3.63, 3.8) is 0 Å². The van der Waals surface area contributed by atoms with Gasteiger partial charge in [0.25, 0.3) is 0 Å². The van der Waals surface area contributed by atoms with Crippen LogP contribution in [0.15, 0.2) is 23.5 Å². The molecule has 3 nitrogen and oxygen atoms in total. The Morgan fingerprint density at radius 1 is 1.64 bits per heavy atom. The first-order chi connectivity index (χ1) is 6.63. The van der Waals surface area contributed by atoms with Crippen LogP contribution in [0.4, 0.5) is 0 Å². The zero-order chi connectivity index (χ0) is 10.6. The van der Waals surface area contributed by atoms with Crippen molar-refractivity contribution >= 4 is 5.97 Å². The van der Waals surface area contributed by atoms with Crippen molar-refractivity contribution in [1.29, 1.82) is 0 Å². The topological polar surface area (TPSA) is 46.5 Å². The van der Waals surface area contributed by atoms with E-state index in [1.54, 1.807) is 19.1 Å². The molecule has 0 aromatic heterocycles. The van der Waals surface area contributed by atoms with Gasteiger partial charge in [-0.2, -0.15) is 0 Å². The number of rotatable bonds is 4. The molecule has 0 saturated heterocycles. The van der Waals surface area contributed by atoms with Crippen molar-refractivity contribution in [2.45, 2.75) is 39.2 Å². The molecule has 1 aliphatic rings. The van der Waals surface area contributed by atoms with Crippen molar-refractivity contribution < 1.29 is 14.6 Å². The average Bonchev–Trinajstić information content (AvgIpc) is 2.45. The molecular weight excluding hydrogens is 180 g/mol. The predicted molar refractivity (Wildman–Crippen MR) is 53.5 cm³/mol. The van der Waals surface area contributed by atoms with E-state index in [0.717, 1.165) is 18.4 Å². The van der Waals surface area contributed by atoms with E-state index in [9.17, 15) is 4.79 Å². The number of ether oxygens (including phenoxy) is 1. The van der Waals surface area contributed by atoms with Crippen LogP contribution in [0.5, 0.6) is 0 Å². The standard InChI is InChI=1S/C11H16O3/c1-3-4-9-7-10(14-11(9)13)6-5-8(2)12/h6-8,12H,3-5H2,1-2H3. The first-order valence-corrected chi connectivity index (χ1v) is 4.94. The summed E-state index contributed by atoms with van der Waals surface area (Å²) in [4.78, 5) is 11.2. The lowest BCUT2D eigenvalue weighted by Crippen LogP contribution is -1.99. The molecule has 0 spiro atoms. The van der Waals surface area contributed by atoms with Gasteiger partial charge < -0.3 is 9.84 Å². The predicted octanol–water partition coefficient (Wildman–Crippen LogP) is 1.92. The van der Waals surface area contributed by atoms with E-state index in [-0.39, 0.29) is 5.97 Å². The van der Waals surface area contributed by atoms with Gasteiger partial charge in [-0.25, -0.2) is 4.79 Å². The second kappa shape index (κ2) is 4.96. The number of allylic oxidation sites excluding steroid dienone is 1. The summed E-state index contributed by atoms with van der Waals surface area (Å²) >= 11 is 0. The van der Waals surface area contributed by atoms with Gasteiger partial charge in [0.2, 0.25) is 0 Å². The van der Waals surface area contributed by atoms with Gasteiger partial charge in [-0.3, -0.25) is 0 Å². The van der Waals surface area contributed by atoms with Crippen LogP contribution >= 0.6 is 0 Å². The van der Waals surface area contributed by atoms with Crippen LogP contribution in [-0.4, -0.2) is 17.2 Å². The summed E-state index contributed by atoms with van der Waals surface area (Å²) in [6.07, 6.45) is 5.30. The molecule has 1 heterocycles. The number of hydrogen-bond acceptors (Lipinski definition) is 3. The second-order valence-corrected chi connectivity index (χ2v) is 3.50. The summed E-state index contributed by atoms with van der Waals surface area (Å²) in [6.45, 7) is 3.72. The van der Waals surface area contributed by atoms with Crippen LogP contribution in [0.2, 0.25) is 0 Å². The molecular formula is C11H16O3. The summed E-state index contributed by atoms with van der Waals surface area (Å²) in [5, 5.41) is 9.04. The maximum absolute atomic E-state index is 11.2. The van der Waals surface area contributed by atoms with Gasteiger partial charge in [-0.05, 0) is 31.9 Å². The normalized spacial score (nSPS) is 20.9. The molecule has 0 fully saturated rings. The summed E-state index contributed by atoms with van der Waals surface area (Å²) in [5.41, 5.74) is 0.726. The Morgan fingerprint density at radius 3 is 2.93 bits per heavy atom. The Morgan fingerprint density at radius 2 is 2.36 bits per heavy atom. The summed E-state index contributed by atoms with van der Waals surface area (Å²) in [6, 6.07) is 0. The molecule has 1 rings (SSSR count). The van der Waals surface area contributed by atoms with Crippen molar-refractivity contribution in [1.82, 2.24) is 0 Å². The summed E-state index contributed by atoms with van der Waals surface area (Å²) in [7, 11) is 0. The molecule has 1 N–H and O–H groups in total. The van der Waals surface area contributed by atoms with Crippen LogP contribution < -0.4 is 0 Å². The van der Waals surface area contributed by atoms with E-state index in [1.165, 1.54) is 0 Å². The van der Waals surface area contributed by atoms with Crippen LogP contribution in [-0.2, 0) is 9.53 Å². The summed E-state index contributed by atoms with van der Waals surface area (Å²) in [5.74, 6) is 0.322. The van der Waals surface area contributed by atoms with E-state index in [2.05, 4.69) is 0 Å². The highest BCUT2D eigenvalue weighted by atomic mass is 16.5. The first-order valence-electron chi connectivity index (χ1n) is 4.94. The lowest BCUT2D eigenvalue weighted by Gasteiger charge is -1.98. The average molecular weight is 196 g/mol. The van der Waals surface area contributed by atoms with E-state index in [4.69, 9.17) is 9.84 Å². The summed E-state index contributed by atoms with van der Waals surface area (Å²) < 4.78 is 5.00. The van der Waals surface area contributed by atoms with Gasteiger partial charge in [0, 0.05) is 5.57 Å². The first kappa shape index (κ1) is 11.0. The molecule has 3 heteroatoms. The van der Waals surface area contributed by atoms with Crippen LogP contribution in [0.25, 0.3) is 0 Å². The number of aliphatic hydroxyl groups excluding tert-OH is 1. The Balaban J connectivity index is 2.59. The number of hydrogen-bond donors (Lipinski definition) is 1. The fraction of sp³-hybridized carbons (Fsp3) is 0.545. The Bertz CT molecular complexity index is 274. The SMILES string of the molecule is CCCC1=CC(=CCC(C)O)OC1=O. The minimum atomic E-state index is -0.398. The maximum Gasteiger partial charge on any atom is 0.339 e. The molecule has 0 aromatic carbocycles. The Labute approximate surface area is 84.1 Å². The fourth-order valence-corrected chi connectivity index (χ4v) is 1.26. The number of carbonyl (C=O) groups is 1. The van der Waals surface area contributed by atoms with E-state index in [0.29, 0.717) is 12.2 Å². The molecule has 78 valence electrons. The molecule has 0 amide bonds.